The summed E-state index contributed by atoms with van der Waals surface area (Å²) in [4.78, 5) is 12.5. The Labute approximate surface area is 353 Å². The van der Waals surface area contributed by atoms with E-state index in [0.717, 1.165) is 11.1 Å². The summed E-state index contributed by atoms with van der Waals surface area (Å²) in [5, 5.41) is 0. The topological polar surface area (TPSA) is 119 Å². The average molecular weight is 843 g/mol. The lowest BCUT2D eigenvalue weighted by molar-refractivity contribution is -0.339. The van der Waals surface area contributed by atoms with Gasteiger partial charge in [0.25, 0.3) is 0 Å². The number of benzene rings is 2. The van der Waals surface area contributed by atoms with Crippen molar-refractivity contribution in [2.24, 2.45) is 11.8 Å². The molecule has 4 heterocycles. The fourth-order valence-corrected chi connectivity index (χ4v) is 15.1. The summed E-state index contributed by atoms with van der Waals surface area (Å²) in [6, 6.07) is 19.9. The second kappa shape index (κ2) is 19.4. The minimum Gasteiger partial charge on any atom is -0.454 e. The van der Waals surface area contributed by atoms with Crippen LogP contribution in [0.5, 0.6) is 0 Å². The Kier molecular flexibility index (Phi) is 15.2. The number of rotatable bonds is 17. The number of carbonyl (C=O) groups excluding carboxylic acids is 1. The van der Waals surface area contributed by atoms with Crippen molar-refractivity contribution in [3.05, 3.63) is 71.8 Å². The highest BCUT2D eigenvalue weighted by atomic mass is 28.4. The van der Waals surface area contributed by atoms with Crippen LogP contribution >= 0.6 is 0 Å². The summed E-state index contributed by atoms with van der Waals surface area (Å²) in [5.74, 6) is -1.79. The summed E-state index contributed by atoms with van der Waals surface area (Å²) in [6.07, 6.45) is -5.49. The van der Waals surface area contributed by atoms with Crippen LogP contribution in [0.2, 0.25) is 16.6 Å². The first-order valence-corrected chi connectivity index (χ1v) is 23.8. The van der Waals surface area contributed by atoms with Crippen molar-refractivity contribution in [1.82, 2.24) is 0 Å². The smallest absolute Gasteiger partial charge is 0.303 e. The number of hydrogen-bond donors (Lipinski definition) is 0. The molecule has 4 aliphatic heterocycles. The lowest BCUT2D eigenvalue weighted by Gasteiger charge is -2.50. The minimum absolute atomic E-state index is 0.110. The van der Waals surface area contributed by atoms with E-state index in [-0.39, 0.29) is 25.0 Å². The summed E-state index contributed by atoms with van der Waals surface area (Å²) in [7, 11) is -2.36. The maximum Gasteiger partial charge on any atom is 0.303 e. The fourth-order valence-electron chi connectivity index (χ4n) is 9.73. The van der Waals surface area contributed by atoms with Gasteiger partial charge in [-0.25, -0.2) is 0 Å². The SMILES string of the molecule is CC(=O)OC1(COCc2ccccc2)CO[C@@H](OC2[C@H](C)CO[C@@H](O[C@H]3C(C)O[C@@H](O[Si](C(C)C)(C(C)C)C(C)C)[C@H]4OC(C)(C)OC34)[C@@H]2OCc2ccccc2)[C@H]1C. The van der Waals surface area contributed by atoms with Gasteiger partial charge in [-0.1, -0.05) is 116 Å². The van der Waals surface area contributed by atoms with E-state index in [9.17, 15) is 4.79 Å². The zero-order chi connectivity index (χ0) is 42.7. The van der Waals surface area contributed by atoms with Gasteiger partial charge in [-0.3, -0.25) is 4.79 Å². The molecule has 2 aromatic carbocycles. The second-order valence-electron chi connectivity index (χ2n) is 18.5. The molecule has 0 spiro atoms. The van der Waals surface area contributed by atoms with Crippen molar-refractivity contribution in [2.75, 3.05) is 19.8 Å². The van der Waals surface area contributed by atoms with Gasteiger partial charge >= 0.3 is 5.97 Å². The van der Waals surface area contributed by atoms with Crippen LogP contribution in [0.25, 0.3) is 0 Å². The van der Waals surface area contributed by atoms with E-state index in [2.05, 4.69) is 48.5 Å². The molecule has 4 unspecified atom stereocenters. The third kappa shape index (κ3) is 10.3. The average Bonchev–Trinajstić information content (AvgIpc) is 3.67. The molecule has 2 aromatic rings. The first kappa shape index (κ1) is 46.2. The molecule has 6 rings (SSSR count). The quantitative estimate of drug-likeness (QED) is 0.113. The van der Waals surface area contributed by atoms with Gasteiger partial charge < -0.3 is 51.8 Å². The predicted molar refractivity (Wildman–Crippen MR) is 223 cm³/mol. The molecule has 12 atom stereocenters. The van der Waals surface area contributed by atoms with Crippen molar-refractivity contribution >= 4 is 14.3 Å². The van der Waals surface area contributed by atoms with Crippen LogP contribution in [0.1, 0.15) is 94.2 Å². The first-order chi connectivity index (χ1) is 28.0. The van der Waals surface area contributed by atoms with Gasteiger partial charge in [-0.2, -0.15) is 0 Å². The molecule has 330 valence electrons. The van der Waals surface area contributed by atoms with Crippen molar-refractivity contribution in [2.45, 2.75) is 180 Å². The van der Waals surface area contributed by atoms with Crippen LogP contribution in [0, 0.1) is 11.8 Å². The monoisotopic (exact) mass is 842 g/mol. The number of fused-ring (bicyclic) bond motifs is 1. The molecule has 0 aliphatic carbocycles. The Morgan fingerprint density at radius 2 is 1.32 bits per heavy atom. The Bertz CT molecular complexity index is 1600. The Morgan fingerprint density at radius 3 is 1.92 bits per heavy atom. The largest absolute Gasteiger partial charge is 0.454 e. The number of esters is 1. The molecule has 0 N–H and O–H groups in total. The van der Waals surface area contributed by atoms with Crippen LogP contribution in [0.15, 0.2) is 60.7 Å². The van der Waals surface area contributed by atoms with Crippen molar-refractivity contribution < 1.29 is 56.6 Å². The lowest BCUT2D eigenvalue weighted by Crippen LogP contribution is -2.63. The second-order valence-corrected chi connectivity index (χ2v) is 23.9. The van der Waals surface area contributed by atoms with E-state index in [1.807, 2.05) is 88.4 Å². The van der Waals surface area contributed by atoms with Gasteiger partial charge in [-0.05, 0) is 48.5 Å². The molecule has 4 fully saturated rings. The molecule has 4 saturated heterocycles. The number of carbonyl (C=O) groups is 1. The Hall–Kier alpha value is -2.27. The molecule has 0 amide bonds. The molecule has 0 bridgehead atoms. The van der Waals surface area contributed by atoms with Crippen LogP contribution in [0.3, 0.4) is 0 Å². The van der Waals surface area contributed by atoms with E-state index in [4.69, 9.17) is 51.8 Å². The van der Waals surface area contributed by atoms with Gasteiger partial charge in [0.1, 0.15) is 24.4 Å². The van der Waals surface area contributed by atoms with E-state index in [1.54, 1.807) is 0 Å². The standard InChI is InChI=1S/C46H70O12Si/c1-28(2)59(29(3)4,30(5)6)58-44-41-39(56-45(11,12)57-41)38(33(9)52-44)54-43-40(49-25-36-21-17-14-18-22-36)37(31(7)23-50-43)53-42-32(8)46(27-51-42,55-34(10)47)26-48-24-35-19-15-13-16-20-35/h13-22,28-33,37-44H,23-27H2,1-12H3/t31-,32-,33?,37?,38+,39?,40-,41+,42+,43+,44+,46?/m1/s1. The Balaban J connectivity index is 1.23. The van der Waals surface area contributed by atoms with Gasteiger partial charge in [0.2, 0.25) is 8.32 Å². The maximum atomic E-state index is 12.5. The molecule has 0 radical (unpaired) electrons. The maximum absolute atomic E-state index is 12.5. The van der Waals surface area contributed by atoms with E-state index < -0.39 is 81.2 Å². The Morgan fingerprint density at radius 1 is 0.746 bits per heavy atom. The van der Waals surface area contributed by atoms with Crippen LogP contribution in [0.4, 0.5) is 0 Å². The van der Waals surface area contributed by atoms with E-state index >= 15 is 0 Å². The van der Waals surface area contributed by atoms with Crippen LogP contribution < -0.4 is 0 Å². The van der Waals surface area contributed by atoms with Crippen molar-refractivity contribution in [3.63, 3.8) is 0 Å². The van der Waals surface area contributed by atoms with Gasteiger partial charge in [-0.15, -0.1) is 0 Å². The van der Waals surface area contributed by atoms with Crippen molar-refractivity contribution in [3.8, 4) is 0 Å². The summed E-state index contributed by atoms with van der Waals surface area (Å²) in [5.41, 5.74) is 2.03. The molecule has 0 saturated carbocycles. The number of ether oxygens (including phenoxy) is 10. The molecule has 13 heteroatoms. The summed E-state index contributed by atoms with van der Waals surface area (Å²) in [6.45, 7) is 26.1. The summed E-state index contributed by atoms with van der Waals surface area (Å²) < 4.78 is 73.0. The minimum atomic E-state index is -2.36. The fraction of sp³-hybridized carbons (Fsp3) is 0.717. The normalized spacial score (nSPS) is 34.7. The highest BCUT2D eigenvalue weighted by Gasteiger charge is 2.60. The van der Waals surface area contributed by atoms with Crippen LogP contribution in [-0.2, 0) is 69.8 Å². The van der Waals surface area contributed by atoms with Crippen LogP contribution in [-0.4, -0.2) is 101 Å². The zero-order valence-electron chi connectivity index (χ0n) is 37.3. The first-order valence-electron chi connectivity index (χ1n) is 21.7. The predicted octanol–water partition coefficient (Wildman–Crippen LogP) is 8.30. The molecule has 59 heavy (non-hydrogen) atoms. The molecular formula is C46H70O12Si. The lowest BCUT2D eigenvalue weighted by atomic mass is 9.91. The third-order valence-electron chi connectivity index (χ3n) is 12.7. The highest BCUT2D eigenvalue weighted by Crippen LogP contribution is 2.47. The molecular weight excluding hydrogens is 773 g/mol. The van der Waals surface area contributed by atoms with Gasteiger partial charge in [0.05, 0.1) is 51.2 Å². The third-order valence-corrected chi connectivity index (χ3v) is 18.7. The number of hydrogen-bond acceptors (Lipinski definition) is 12. The summed E-state index contributed by atoms with van der Waals surface area (Å²) >= 11 is 0. The molecule has 0 aromatic heterocycles. The molecule has 4 aliphatic rings. The molecule has 12 nitrogen and oxygen atoms in total. The zero-order valence-corrected chi connectivity index (χ0v) is 38.3. The van der Waals surface area contributed by atoms with Gasteiger partial charge in [0.15, 0.2) is 30.3 Å². The highest BCUT2D eigenvalue weighted by molar-refractivity contribution is 6.77. The van der Waals surface area contributed by atoms with E-state index in [0.29, 0.717) is 36.4 Å². The van der Waals surface area contributed by atoms with Gasteiger partial charge in [0, 0.05) is 12.8 Å². The van der Waals surface area contributed by atoms with Crippen molar-refractivity contribution in [1.29, 1.82) is 0 Å². The van der Waals surface area contributed by atoms with E-state index in [1.165, 1.54) is 6.92 Å².